The predicted octanol–water partition coefficient (Wildman–Crippen LogP) is 5.81. The number of alkyl halides is 1. The molecule has 1 aromatic carbocycles. The summed E-state index contributed by atoms with van der Waals surface area (Å²) in [4.78, 5) is 1.77. The molecule has 0 saturated carbocycles. The Balaban J connectivity index is 2.12. The van der Waals surface area contributed by atoms with Gasteiger partial charge in [-0.1, -0.05) is 34.1 Å². The minimum Gasteiger partial charge on any atom is -0.132 e. The van der Waals surface area contributed by atoms with Crippen molar-refractivity contribution in [2.75, 3.05) is 0 Å². The van der Waals surface area contributed by atoms with Crippen molar-refractivity contribution in [3.63, 3.8) is 0 Å². The minimum atomic E-state index is 0.404. The third-order valence-corrected chi connectivity index (χ3v) is 5.75. The van der Waals surface area contributed by atoms with Crippen molar-refractivity contribution < 1.29 is 0 Å². The van der Waals surface area contributed by atoms with Crippen LogP contribution in [-0.2, 0) is 6.42 Å². The van der Waals surface area contributed by atoms with Crippen LogP contribution >= 0.6 is 43.2 Å². The van der Waals surface area contributed by atoms with Crippen LogP contribution in [0.1, 0.15) is 26.4 Å². The predicted molar refractivity (Wildman–Crippen MR) is 83.3 cm³/mol. The quantitative estimate of drug-likeness (QED) is 0.596. The van der Waals surface area contributed by atoms with E-state index in [-0.39, 0.29) is 0 Å². The molecule has 2 rings (SSSR count). The molecule has 0 aliphatic carbocycles. The van der Waals surface area contributed by atoms with Crippen LogP contribution in [0.5, 0.6) is 0 Å². The lowest BCUT2D eigenvalue weighted by atomic mass is 10.0. The first-order chi connectivity index (χ1) is 8.06. The van der Waals surface area contributed by atoms with E-state index in [1.54, 1.807) is 11.3 Å². The molecule has 0 amide bonds. The van der Waals surface area contributed by atoms with E-state index in [9.17, 15) is 0 Å². The maximum atomic E-state index is 3.77. The normalized spacial score (nSPS) is 12.7. The molecule has 0 nitrogen and oxygen atoms in total. The van der Waals surface area contributed by atoms with Gasteiger partial charge in [-0.25, -0.2) is 0 Å². The number of aryl methyl sites for hydroxylation is 2. The highest BCUT2D eigenvalue weighted by Gasteiger charge is 2.11. The summed E-state index contributed by atoms with van der Waals surface area (Å²) in [6, 6.07) is 11.0. The molecule has 0 spiro atoms. The van der Waals surface area contributed by atoms with Gasteiger partial charge in [0.05, 0.1) is 8.61 Å². The number of thiophene rings is 1. The van der Waals surface area contributed by atoms with Crippen LogP contribution in [0.3, 0.4) is 0 Å². The van der Waals surface area contributed by atoms with Crippen molar-refractivity contribution in [1.82, 2.24) is 0 Å². The zero-order valence-corrected chi connectivity index (χ0v) is 13.8. The molecule has 1 unspecified atom stereocenters. The van der Waals surface area contributed by atoms with E-state index in [0.29, 0.717) is 4.83 Å². The van der Waals surface area contributed by atoms with Gasteiger partial charge in [-0.05, 0) is 65.0 Å². The largest absolute Gasteiger partial charge is 0.132 e. The fourth-order valence-electron chi connectivity index (χ4n) is 1.73. The van der Waals surface area contributed by atoms with Crippen LogP contribution in [0.15, 0.2) is 34.1 Å². The Kier molecular flexibility index (Phi) is 4.45. The Morgan fingerprint density at radius 2 is 1.88 bits per heavy atom. The second-order valence-corrected chi connectivity index (χ2v) is 7.83. The van der Waals surface area contributed by atoms with E-state index in [2.05, 4.69) is 76.0 Å². The lowest BCUT2D eigenvalue weighted by Gasteiger charge is -2.09. The summed E-state index contributed by atoms with van der Waals surface area (Å²) in [6.45, 7) is 4.32. The monoisotopic (exact) mass is 372 g/mol. The van der Waals surface area contributed by atoms with Crippen LogP contribution in [-0.4, -0.2) is 0 Å². The van der Waals surface area contributed by atoms with Crippen molar-refractivity contribution >= 4 is 43.2 Å². The molecular formula is C14H14Br2S. The van der Waals surface area contributed by atoms with Crippen LogP contribution in [0.25, 0.3) is 0 Å². The van der Waals surface area contributed by atoms with Gasteiger partial charge in [0.15, 0.2) is 0 Å². The second kappa shape index (κ2) is 5.68. The van der Waals surface area contributed by atoms with Gasteiger partial charge in [0, 0.05) is 4.88 Å². The zero-order chi connectivity index (χ0) is 12.4. The van der Waals surface area contributed by atoms with Crippen LogP contribution in [0.2, 0.25) is 0 Å². The van der Waals surface area contributed by atoms with Gasteiger partial charge >= 0.3 is 0 Å². The molecule has 90 valence electrons. The fraction of sp³-hybridized carbons (Fsp3) is 0.286. The van der Waals surface area contributed by atoms with E-state index in [1.807, 2.05) is 0 Å². The molecule has 0 radical (unpaired) electrons. The van der Waals surface area contributed by atoms with Crippen LogP contribution in [0.4, 0.5) is 0 Å². The standard InChI is InChI=1S/C14H14Br2S/c1-9-3-4-11(7-10(9)2)8-12(15)13-5-6-14(16)17-13/h3-7,12H,8H2,1-2H3. The first-order valence-electron chi connectivity index (χ1n) is 5.51. The average Bonchev–Trinajstić information content (AvgIpc) is 2.70. The highest BCUT2D eigenvalue weighted by atomic mass is 79.9. The Hall–Kier alpha value is -0.120. The molecule has 1 aromatic heterocycles. The SMILES string of the molecule is Cc1ccc(CC(Br)c2ccc(Br)s2)cc1C. The molecule has 3 heteroatoms. The van der Waals surface area contributed by atoms with Crippen molar-refractivity contribution in [2.45, 2.75) is 25.1 Å². The molecule has 0 aliphatic heterocycles. The Labute approximate surface area is 123 Å². The third kappa shape index (κ3) is 3.43. The topological polar surface area (TPSA) is 0 Å². The lowest BCUT2D eigenvalue weighted by Crippen LogP contribution is -1.94. The molecule has 0 N–H and O–H groups in total. The highest BCUT2D eigenvalue weighted by Crippen LogP contribution is 2.34. The molecule has 17 heavy (non-hydrogen) atoms. The van der Waals surface area contributed by atoms with Gasteiger partial charge in [0.25, 0.3) is 0 Å². The first-order valence-corrected chi connectivity index (χ1v) is 8.04. The summed E-state index contributed by atoms with van der Waals surface area (Å²) < 4.78 is 1.19. The molecule has 0 fully saturated rings. The Bertz CT molecular complexity index is 517. The van der Waals surface area contributed by atoms with Crippen molar-refractivity contribution in [3.8, 4) is 0 Å². The third-order valence-electron chi connectivity index (χ3n) is 2.89. The smallest absolute Gasteiger partial charge is 0.0701 e. The van der Waals surface area contributed by atoms with E-state index in [4.69, 9.17) is 0 Å². The maximum Gasteiger partial charge on any atom is 0.0701 e. The van der Waals surface area contributed by atoms with E-state index < -0.39 is 0 Å². The van der Waals surface area contributed by atoms with Crippen molar-refractivity contribution in [2.24, 2.45) is 0 Å². The molecular weight excluding hydrogens is 360 g/mol. The van der Waals surface area contributed by atoms with Crippen LogP contribution in [0, 0.1) is 13.8 Å². The van der Waals surface area contributed by atoms with Gasteiger partial charge in [-0.15, -0.1) is 11.3 Å². The van der Waals surface area contributed by atoms with Gasteiger partial charge in [-0.3, -0.25) is 0 Å². The zero-order valence-electron chi connectivity index (χ0n) is 9.84. The van der Waals surface area contributed by atoms with E-state index in [1.165, 1.54) is 25.4 Å². The van der Waals surface area contributed by atoms with Crippen molar-refractivity contribution in [1.29, 1.82) is 0 Å². The van der Waals surface area contributed by atoms with E-state index >= 15 is 0 Å². The minimum absolute atomic E-state index is 0.404. The molecule has 0 saturated heterocycles. The second-order valence-electron chi connectivity index (χ2n) is 4.23. The Morgan fingerprint density at radius 3 is 2.47 bits per heavy atom. The summed E-state index contributed by atoms with van der Waals surface area (Å²) in [6.07, 6.45) is 1.04. The molecule has 0 aliphatic rings. The highest BCUT2D eigenvalue weighted by molar-refractivity contribution is 9.11. The van der Waals surface area contributed by atoms with Gasteiger partial charge < -0.3 is 0 Å². The Morgan fingerprint density at radius 1 is 1.12 bits per heavy atom. The van der Waals surface area contributed by atoms with Crippen LogP contribution < -0.4 is 0 Å². The molecule has 1 atom stereocenters. The fourth-order valence-corrected chi connectivity index (χ4v) is 3.94. The van der Waals surface area contributed by atoms with Gasteiger partial charge in [0.1, 0.15) is 0 Å². The average molecular weight is 374 g/mol. The number of rotatable bonds is 3. The number of hydrogen-bond acceptors (Lipinski definition) is 1. The van der Waals surface area contributed by atoms with Crippen molar-refractivity contribution in [3.05, 3.63) is 55.7 Å². The van der Waals surface area contributed by atoms with Gasteiger partial charge in [-0.2, -0.15) is 0 Å². The van der Waals surface area contributed by atoms with E-state index in [0.717, 1.165) is 6.42 Å². The maximum absolute atomic E-state index is 3.77. The van der Waals surface area contributed by atoms with Gasteiger partial charge in [0.2, 0.25) is 0 Å². The lowest BCUT2D eigenvalue weighted by molar-refractivity contribution is 0.965. The first kappa shape index (κ1) is 13.3. The molecule has 0 bridgehead atoms. The summed E-state index contributed by atoms with van der Waals surface area (Å²) in [7, 11) is 0. The number of hydrogen-bond donors (Lipinski definition) is 0. The summed E-state index contributed by atoms with van der Waals surface area (Å²) >= 11 is 9.07. The molecule has 1 heterocycles. The summed E-state index contributed by atoms with van der Waals surface area (Å²) in [5.41, 5.74) is 4.12. The summed E-state index contributed by atoms with van der Waals surface area (Å²) in [5.74, 6) is 0. The molecule has 2 aromatic rings. The summed E-state index contributed by atoms with van der Waals surface area (Å²) in [5, 5.41) is 0. The number of halogens is 2. The number of benzene rings is 1.